The van der Waals surface area contributed by atoms with Gasteiger partial charge >= 0.3 is 0 Å². The van der Waals surface area contributed by atoms with E-state index in [1.165, 1.54) is 17.4 Å². The summed E-state index contributed by atoms with van der Waals surface area (Å²) in [6, 6.07) is 14.3. The minimum atomic E-state index is -0.0301. The van der Waals surface area contributed by atoms with Gasteiger partial charge in [0.05, 0.1) is 11.0 Å². The van der Waals surface area contributed by atoms with Gasteiger partial charge in [-0.3, -0.25) is 4.79 Å². The molecule has 0 atom stereocenters. The van der Waals surface area contributed by atoms with Crippen molar-refractivity contribution in [3.05, 3.63) is 53.9 Å². The number of carbonyl (C=O) groups is 1. The van der Waals surface area contributed by atoms with Crippen LogP contribution >= 0.6 is 11.8 Å². The summed E-state index contributed by atoms with van der Waals surface area (Å²) in [6.07, 6.45) is 0.753. The number of anilines is 2. The molecule has 0 fully saturated rings. The number of aromatic nitrogens is 2. The van der Waals surface area contributed by atoms with Gasteiger partial charge in [-0.05, 0) is 56.7 Å². The quantitative estimate of drug-likeness (QED) is 0.594. The normalized spacial score (nSPS) is 11.0. The van der Waals surface area contributed by atoms with E-state index in [0.717, 1.165) is 47.6 Å². The first-order valence-electron chi connectivity index (χ1n) is 9.73. The fourth-order valence-corrected chi connectivity index (χ4v) is 4.03. The van der Waals surface area contributed by atoms with Crippen molar-refractivity contribution >= 4 is 39.4 Å². The summed E-state index contributed by atoms with van der Waals surface area (Å²) < 4.78 is 2.10. The topological polar surface area (TPSA) is 50.2 Å². The maximum absolute atomic E-state index is 12.4. The van der Waals surface area contributed by atoms with E-state index in [9.17, 15) is 4.79 Å². The first-order valence-corrected chi connectivity index (χ1v) is 10.7. The van der Waals surface area contributed by atoms with Crippen LogP contribution in [0.4, 0.5) is 16.2 Å². The predicted molar refractivity (Wildman–Crippen MR) is 121 cm³/mol. The first-order chi connectivity index (χ1) is 13.5. The number of benzene rings is 2. The number of nitrogens with zero attached hydrogens (tertiary/aromatic N) is 3. The molecule has 28 heavy (non-hydrogen) atoms. The molecule has 0 bridgehead atoms. The molecule has 3 rings (SSSR count). The van der Waals surface area contributed by atoms with Crippen molar-refractivity contribution in [1.82, 2.24) is 9.55 Å². The smallest absolute Gasteiger partial charge is 0.283 e. The standard InChI is InChI=1S/C22H28N4OS/c1-5-26(6-2)17-11-12-18(16(3)15-17)24-22(27)28-14-13-21-23-19-9-7-8-10-20(19)25(21)4/h7-12,15H,5-6,13-14H2,1-4H3,(H,24,27). The Balaban J connectivity index is 1.56. The minimum Gasteiger partial charge on any atom is -0.372 e. The average molecular weight is 397 g/mol. The minimum absolute atomic E-state index is 0.0301. The van der Waals surface area contributed by atoms with Gasteiger partial charge in [0.2, 0.25) is 0 Å². The Labute approximate surface area is 171 Å². The van der Waals surface area contributed by atoms with E-state index >= 15 is 0 Å². The van der Waals surface area contributed by atoms with Crippen molar-refractivity contribution < 1.29 is 4.79 Å². The molecule has 0 aliphatic rings. The molecule has 1 amide bonds. The molecular formula is C22H28N4OS. The van der Waals surface area contributed by atoms with E-state index in [1.54, 1.807) is 0 Å². The van der Waals surface area contributed by atoms with Crippen molar-refractivity contribution in [3.8, 4) is 0 Å². The van der Waals surface area contributed by atoms with E-state index in [-0.39, 0.29) is 5.24 Å². The van der Waals surface area contributed by atoms with Crippen molar-refractivity contribution in [2.24, 2.45) is 7.05 Å². The van der Waals surface area contributed by atoms with E-state index in [0.29, 0.717) is 5.75 Å². The molecule has 0 saturated heterocycles. The molecule has 0 spiro atoms. The highest BCUT2D eigenvalue weighted by Crippen LogP contribution is 2.24. The number of para-hydroxylation sites is 2. The number of aryl methyl sites for hydroxylation is 3. The molecule has 0 saturated carbocycles. The van der Waals surface area contributed by atoms with Crippen LogP contribution in [0, 0.1) is 6.92 Å². The molecule has 1 heterocycles. The zero-order valence-electron chi connectivity index (χ0n) is 17.0. The van der Waals surface area contributed by atoms with Crippen LogP contribution in [0.2, 0.25) is 0 Å². The zero-order chi connectivity index (χ0) is 20.1. The van der Waals surface area contributed by atoms with Gasteiger partial charge in [0.1, 0.15) is 5.82 Å². The molecule has 0 radical (unpaired) electrons. The number of rotatable bonds is 7. The van der Waals surface area contributed by atoms with E-state index < -0.39 is 0 Å². The Morgan fingerprint density at radius 1 is 1.18 bits per heavy atom. The fraction of sp³-hybridized carbons (Fsp3) is 0.364. The molecule has 1 N–H and O–H groups in total. The summed E-state index contributed by atoms with van der Waals surface area (Å²) in [6.45, 7) is 8.28. The Bertz CT molecular complexity index is 962. The second-order valence-electron chi connectivity index (χ2n) is 6.76. The lowest BCUT2D eigenvalue weighted by molar-refractivity contribution is 0.269. The Morgan fingerprint density at radius 3 is 2.61 bits per heavy atom. The zero-order valence-corrected chi connectivity index (χ0v) is 17.8. The van der Waals surface area contributed by atoms with E-state index in [1.807, 2.05) is 38.2 Å². The summed E-state index contributed by atoms with van der Waals surface area (Å²) in [5.74, 6) is 1.70. The van der Waals surface area contributed by atoms with Gasteiger partial charge in [-0.25, -0.2) is 4.98 Å². The highest BCUT2D eigenvalue weighted by molar-refractivity contribution is 8.13. The molecule has 3 aromatic rings. The van der Waals surface area contributed by atoms with Gasteiger partial charge in [-0.1, -0.05) is 23.9 Å². The van der Waals surface area contributed by atoms with E-state index in [2.05, 4.69) is 51.8 Å². The third kappa shape index (κ3) is 4.50. The Hall–Kier alpha value is -2.47. The molecule has 2 aromatic carbocycles. The second kappa shape index (κ2) is 9.15. The number of thioether (sulfide) groups is 1. The van der Waals surface area contributed by atoms with Crippen LogP contribution in [-0.2, 0) is 13.5 Å². The van der Waals surface area contributed by atoms with Crippen LogP contribution < -0.4 is 10.2 Å². The maximum atomic E-state index is 12.4. The molecule has 0 unspecified atom stereocenters. The Morgan fingerprint density at radius 2 is 1.93 bits per heavy atom. The maximum Gasteiger partial charge on any atom is 0.283 e. The van der Waals surface area contributed by atoms with Gasteiger partial charge in [0, 0.05) is 43.7 Å². The predicted octanol–water partition coefficient (Wildman–Crippen LogP) is 5.24. The molecule has 0 aliphatic heterocycles. The van der Waals surface area contributed by atoms with Crippen molar-refractivity contribution in [1.29, 1.82) is 0 Å². The van der Waals surface area contributed by atoms with E-state index in [4.69, 9.17) is 0 Å². The van der Waals surface area contributed by atoms with Gasteiger partial charge < -0.3 is 14.8 Å². The van der Waals surface area contributed by atoms with Crippen LogP contribution in [0.25, 0.3) is 11.0 Å². The first kappa shape index (κ1) is 20.3. The summed E-state index contributed by atoms with van der Waals surface area (Å²) in [5, 5.41) is 2.99. The highest BCUT2D eigenvalue weighted by atomic mass is 32.2. The lowest BCUT2D eigenvalue weighted by atomic mass is 10.1. The number of carbonyl (C=O) groups excluding carboxylic acids is 1. The van der Waals surface area contributed by atoms with Crippen molar-refractivity contribution in [2.45, 2.75) is 27.2 Å². The van der Waals surface area contributed by atoms with Crippen LogP contribution in [0.5, 0.6) is 0 Å². The molecule has 6 heteroatoms. The monoisotopic (exact) mass is 396 g/mol. The third-order valence-electron chi connectivity index (χ3n) is 5.01. The molecular weight excluding hydrogens is 368 g/mol. The average Bonchev–Trinajstić information content (AvgIpc) is 3.01. The largest absolute Gasteiger partial charge is 0.372 e. The second-order valence-corrected chi connectivity index (χ2v) is 7.83. The number of hydrogen-bond donors (Lipinski definition) is 1. The number of fused-ring (bicyclic) bond motifs is 1. The number of nitrogens with one attached hydrogen (secondary N) is 1. The number of hydrogen-bond acceptors (Lipinski definition) is 4. The SMILES string of the molecule is CCN(CC)c1ccc(NC(=O)SCCc2nc3ccccc3n2C)c(C)c1. The van der Waals surface area contributed by atoms with Crippen LogP contribution in [-0.4, -0.2) is 33.6 Å². The van der Waals surface area contributed by atoms with Crippen LogP contribution in [0.15, 0.2) is 42.5 Å². The van der Waals surface area contributed by atoms with Gasteiger partial charge in [0.25, 0.3) is 5.24 Å². The molecule has 0 aliphatic carbocycles. The molecule has 5 nitrogen and oxygen atoms in total. The van der Waals surface area contributed by atoms with Crippen molar-refractivity contribution in [3.63, 3.8) is 0 Å². The summed E-state index contributed by atoms with van der Waals surface area (Å²) in [4.78, 5) is 19.3. The number of imidazole rings is 1. The lowest BCUT2D eigenvalue weighted by Gasteiger charge is -2.22. The van der Waals surface area contributed by atoms with Gasteiger partial charge in [-0.15, -0.1) is 0 Å². The third-order valence-corrected chi connectivity index (χ3v) is 5.79. The lowest BCUT2D eigenvalue weighted by Crippen LogP contribution is -2.21. The number of amides is 1. The fourth-order valence-electron chi connectivity index (χ4n) is 3.37. The van der Waals surface area contributed by atoms with Gasteiger partial charge in [-0.2, -0.15) is 0 Å². The summed E-state index contributed by atoms with van der Waals surface area (Å²) in [5.41, 5.74) is 5.26. The summed E-state index contributed by atoms with van der Waals surface area (Å²) >= 11 is 1.30. The molecule has 1 aromatic heterocycles. The summed E-state index contributed by atoms with van der Waals surface area (Å²) in [7, 11) is 2.02. The van der Waals surface area contributed by atoms with Crippen LogP contribution in [0.1, 0.15) is 25.2 Å². The Kier molecular flexibility index (Phi) is 6.62. The van der Waals surface area contributed by atoms with Crippen molar-refractivity contribution in [2.75, 3.05) is 29.1 Å². The van der Waals surface area contributed by atoms with Crippen LogP contribution in [0.3, 0.4) is 0 Å². The van der Waals surface area contributed by atoms with Gasteiger partial charge in [0.15, 0.2) is 0 Å². The highest BCUT2D eigenvalue weighted by Gasteiger charge is 2.11. The molecule has 148 valence electrons.